The van der Waals surface area contributed by atoms with E-state index in [4.69, 9.17) is 0 Å². The van der Waals surface area contributed by atoms with Crippen LogP contribution in [0.25, 0.3) is 0 Å². The Balaban J connectivity index is 2.51. The molecule has 0 saturated carbocycles. The summed E-state index contributed by atoms with van der Waals surface area (Å²) in [7, 11) is 3.88. The molecular formula is C9H17N3OS2. The summed E-state index contributed by atoms with van der Waals surface area (Å²) >= 11 is 3.11. The highest BCUT2D eigenvalue weighted by Gasteiger charge is 2.19. The van der Waals surface area contributed by atoms with Gasteiger partial charge in [0.25, 0.3) is 0 Å². The normalized spacial score (nSPS) is 15.0. The maximum absolute atomic E-state index is 9.83. The zero-order chi connectivity index (χ0) is 11.5. The number of rotatable bonds is 5. The van der Waals surface area contributed by atoms with E-state index in [1.807, 2.05) is 32.8 Å². The van der Waals surface area contributed by atoms with Crippen LogP contribution in [0.2, 0.25) is 0 Å². The summed E-state index contributed by atoms with van der Waals surface area (Å²) < 4.78 is 0.910. The predicted molar refractivity (Wildman–Crippen MR) is 65.9 cm³/mol. The number of aliphatic hydroxyl groups is 1. The minimum absolute atomic E-state index is 0.616. The Kier molecular flexibility index (Phi) is 4.36. The Hall–Kier alpha value is -0.330. The number of anilines is 1. The van der Waals surface area contributed by atoms with Crippen LogP contribution < -0.4 is 4.90 Å². The van der Waals surface area contributed by atoms with E-state index < -0.39 is 5.60 Å². The van der Waals surface area contributed by atoms with Gasteiger partial charge >= 0.3 is 0 Å². The highest BCUT2D eigenvalue weighted by Crippen LogP contribution is 2.29. The Labute approximate surface area is 98.7 Å². The molecule has 0 bridgehead atoms. The molecule has 0 saturated heterocycles. The van der Waals surface area contributed by atoms with Crippen LogP contribution in [0.5, 0.6) is 0 Å². The van der Waals surface area contributed by atoms with E-state index >= 15 is 0 Å². The molecule has 6 heteroatoms. The molecule has 0 aliphatic rings. The molecule has 15 heavy (non-hydrogen) atoms. The lowest BCUT2D eigenvalue weighted by Gasteiger charge is -2.19. The summed E-state index contributed by atoms with van der Waals surface area (Å²) in [4.78, 5) is 1.93. The molecule has 0 aliphatic carbocycles. The molecule has 1 heterocycles. The molecule has 1 aromatic heterocycles. The molecule has 1 rings (SSSR count). The van der Waals surface area contributed by atoms with Gasteiger partial charge in [-0.15, -0.1) is 10.2 Å². The zero-order valence-corrected chi connectivity index (χ0v) is 11.2. The van der Waals surface area contributed by atoms with Crippen molar-refractivity contribution >= 4 is 28.2 Å². The molecule has 0 fully saturated rings. The molecular weight excluding hydrogens is 230 g/mol. The lowest BCUT2D eigenvalue weighted by molar-refractivity contribution is 0.0816. The molecule has 0 radical (unpaired) electrons. The molecule has 1 unspecified atom stereocenters. The first-order valence-electron chi connectivity index (χ1n) is 4.80. The number of nitrogens with zero attached hydrogens (tertiary/aromatic N) is 3. The number of aromatic nitrogens is 2. The van der Waals surface area contributed by atoms with E-state index in [0.717, 1.165) is 15.9 Å². The minimum Gasteiger partial charge on any atom is -0.389 e. The molecule has 0 amide bonds. The summed E-state index contributed by atoms with van der Waals surface area (Å²) in [5.74, 6) is 0.658. The Morgan fingerprint density at radius 2 is 2.13 bits per heavy atom. The average molecular weight is 247 g/mol. The van der Waals surface area contributed by atoms with Crippen LogP contribution in [-0.2, 0) is 0 Å². The highest BCUT2D eigenvalue weighted by atomic mass is 32.2. The van der Waals surface area contributed by atoms with Crippen molar-refractivity contribution in [1.29, 1.82) is 0 Å². The number of thioether (sulfide) groups is 1. The van der Waals surface area contributed by atoms with E-state index in [0.29, 0.717) is 5.75 Å². The lowest BCUT2D eigenvalue weighted by atomic mass is 10.1. The summed E-state index contributed by atoms with van der Waals surface area (Å²) in [5.41, 5.74) is -0.616. The van der Waals surface area contributed by atoms with Crippen molar-refractivity contribution in [3.05, 3.63) is 0 Å². The topological polar surface area (TPSA) is 49.3 Å². The molecule has 1 N–H and O–H groups in total. The van der Waals surface area contributed by atoms with Crippen molar-refractivity contribution in [2.45, 2.75) is 30.2 Å². The van der Waals surface area contributed by atoms with Gasteiger partial charge in [-0.3, -0.25) is 0 Å². The smallest absolute Gasteiger partial charge is 0.208 e. The number of hydrogen-bond donors (Lipinski definition) is 1. The second-order valence-electron chi connectivity index (χ2n) is 3.88. The van der Waals surface area contributed by atoms with Crippen LogP contribution in [0, 0.1) is 0 Å². The van der Waals surface area contributed by atoms with E-state index in [2.05, 4.69) is 10.2 Å². The van der Waals surface area contributed by atoms with Gasteiger partial charge in [0.2, 0.25) is 5.13 Å². The molecule has 0 aliphatic heterocycles. The average Bonchev–Trinajstić information content (AvgIpc) is 2.63. The quantitative estimate of drug-likeness (QED) is 0.805. The second-order valence-corrected chi connectivity index (χ2v) is 6.06. The van der Waals surface area contributed by atoms with Crippen molar-refractivity contribution in [2.75, 3.05) is 24.7 Å². The van der Waals surface area contributed by atoms with Crippen molar-refractivity contribution in [1.82, 2.24) is 10.2 Å². The maximum atomic E-state index is 9.83. The third kappa shape index (κ3) is 3.96. The largest absolute Gasteiger partial charge is 0.389 e. The van der Waals surface area contributed by atoms with E-state index in [9.17, 15) is 5.11 Å². The molecule has 4 nitrogen and oxygen atoms in total. The minimum atomic E-state index is -0.616. The van der Waals surface area contributed by atoms with Gasteiger partial charge in [0.15, 0.2) is 4.34 Å². The molecule has 0 spiro atoms. The van der Waals surface area contributed by atoms with Crippen LogP contribution in [-0.4, -0.2) is 40.8 Å². The standard InChI is InChI=1S/C9H17N3OS2/c1-5-9(2,13)6-14-8-11-10-7(15-8)12(3)4/h13H,5-6H2,1-4H3. The Morgan fingerprint density at radius 1 is 1.47 bits per heavy atom. The van der Waals surface area contributed by atoms with Gasteiger partial charge in [-0.2, -0.15) is 0 Å². The summed E-state index contributed by atoms with van der Waals surface area (Å²) in [6.45, 7) is 3.82. The van der Waals surface area contributed by atoms with Crippen LogP contribution in [0.15, 0.2) is 4.34 Å². The fourth-order valence-corrected chi connectivity index (χ4v) is 2.64. The molecule has 1 aromatic rings. The van der Waals surface area contributed by atoms with Gasteiger partial charge in [0.1, 0.15) is 0 Å². The van der Waals surface area contributed by atoms with Crippen molar-refractivity contribution in [3.8, 4) is 0 Å². The first kappa shape index (κ1) is 12.7. The molecule has 0 aromatic carbocycles. The monoisotopic (exact) mass is 247 g/mol. The zero-order valence-electron chi connectivity index (χ0n) is 9.52. The fourth-order valence-electron chi connectivity index (χ4n) is 0.761. The SMILES string of the molecule is CCC(C)(O)CSc1nnc(N(C)C)s1. The van der Waals surface area contributed by atoms with Crippen LogP contribution in [0.3, 0.4) is 0 Å². The summed E-state index contributed by atoms with van der Waals surface area (Å²) in [6, 6.07) is 0. The number of hydrogen-bond acceptors (Lipinski definition) is 6. The summed E-state index contributed by atoms with van der Waals surface area (Å²) in [6.07, 6.45) is 0.749. The van der Waals surface area contributed by atoms with Gasteiger partial charge in [-0.25, -0.2) is 0 Å². The van der Waals surface area contributed by atoms with Gasteiger partial charge in [0.05, 0.1) is 5.60 Å². The first-order valence-corrected chi connectivity index (χ1v) is 6.61. The lowest BCUT2D eigenvalue weighted by Crippen LogP contribution is -2.25. The fraction of sp³-hybridized carbons (Fsp3) is 0.778. The third-order valence-electron chi connectivity index (χ3n) is 2.05. The third-order valence-corrected chi connectivity index (χ3v) is 4.63. The van der Waals surface area contributed by atoms with E-state index in [1.165, 1.54) is 0 Å². The van der Waals surface area contributed by atoms with Crippen molar-refractivity contribution in [2.24, 2.45) is 0 Å². The van der Waals surface area contributed by atoms with Crippen LogP contribution >= 0.6 is 23.1 Å². The predicted octanol–water partition coefficient (Wildman–Crippen LogP) is 1.86. The van der Waals surface area contributed by atoms with E-state index in [-0.39, 0.29) is 0 Å². The van der Waals surface area contributed by atoms with Gasteiger partial charge < -0.3 is 10.0 Å². The maximum Gasteiger partial charge on any atom is 0.208 e. The Bertz CT molecular complexity index is 312. The highest BCUT2D eigenvalue weighted by molar-refractivity contribution is 8.01. The molecule has 1 atom stereocenters. The van der Waals surface area contributed by atoms with Gasteiger partial charge in [-0.05, 0) is 13.3 Å². The van der Waals surface area contributed by atoms with Gasteiger partial charge in [0, 0.05) is 19.8 Å². The van der Waals surface area contributed by atoms with Gasteiger partial charge in [-0.1, -0.05) is 30.0 Å². The van der Waals surface area contributed by atoms with E-state index in [1.54, 1.807) is 23.1 Å². The Morgan fingerprint density at radius 3 is 2.60 bits per heavy atom. The van der Waals surface area contributed by atoms with Crippen molar-refractivity contribution < 1.29 is 5.11 Å². The van der Waals surface area contributed by atoms with Crippen molar-refractivity contribution in [3.63, 3.8) is 0 Å². The second kappa shape index (κ2) is 5.14. The van der Waals surface area contributed by atoms with Crippen LogP contribution in [0.4, 0.5) is 5.13 Å². The van der Waals surface area contributed by atoms with Crippen LogP contribution in [0.1, 0.15) is 20.3 Å². The summed E-state index contributed by atoms with van der Waals surface area (Å²) in [5, 5.41) is 18.8. The first-order chi connectivity index (χ1) is 6.94. The molecule has 86 valence electrons.